The highest BCUT2D eigenvalue weighted by Crippen LogP contribution is 2.32. The molecule has 0 aliphatic carbocycles. The highest BCUT2D eigenvalue weighted by molar-refractivity contribution is 5.94. The monoisotopic (exact) mass is 454 g/mol. The van der Waals surface area contributed by atoms with E-state index in [1.54, 1.807) is 31.4 Å². The van der Waals surface area contributed by atoms with Crippen LogP contribution in [0.15, 0.2) is 47.5 Å². The topological polar surface area (TPSA) is 95.9 Å². The lowest BCUT2D eigenvalue weighted by atomic mass is 10.1. The Bertz CT molecular complexity index is 971. The molecule has 176 valence electrons. The molecule has 2 aliphatic rings. The summed E-state index contributed by atoms with van der Waals surface area (Å²) in [6.07, 6.45) is 0.837. The first-order valence-corrected chi connectivity index (χ1v) is 11.1. The van der Waals surface area contributed by atoms with E-state index in [1.807, 2.05) is 6.07 Å². The Balaban J connectivity index is 1.36. The maximum atomic E-state index is 11.1. The molecule has 2 heterocycles. The predicted octanol–water partition coefficient (Wildman–Crippen LogP) is 2.74. The average Bonchev–Trinajstić information content (AvgIpc) is 3.30. The zero-order valence-corrected chi connectivity index (χ0v) is 18.8. The number of methoxy groups -OCH3 is 1. The highest BCUT2D eigenvalue weighted by Gasteiger charge is 2.21. The molecule has 9 heteroatoms. The number of carboxylic acid groups (broad SMARTS) is 1. The third kappa shape index (κ3) is 6.15. The minimum atomic E-state index is -0.936. The number of anilines is 1. The lowest BCUT2D eigenvalue weighted by Crippen LogP contribution is -2.50. The second-order valence-electron chi connectivity index (χ2n) is 8.01. The molecule has 0 aromatic heterocycles. The van der Waals surface area contributed by atoms with E-state index in [9.17, 15) is 4.79 Å². The zero-order chi connectivity index (χ0) is 23.0. The van der Waals surface area contributed by atoms with Gasteiger partial charge >= 0.3 is 5.97 Å². The molecule has 1 fully saturated rings. The predicted molar refractivity (Wildman–Crippen MR) is 125 cm³/mol. The van der Waals surface area contributed by atoms with Crippen LogP contribution >= 0.6 is 0 Å². The number of aromatic carboxylic acids is 1. The van der Waals surface area contributed by atoms with Crippen molar-refractivity contribution in [3.05, 3.63) is 53.6 Å². The lowest BCUT2D eigenvalue weighted by Gasteiger charge is -2.36. The summed E-state index contributed by atoms with van der Waals surface area (Å²) in [5.41, 5.74) is 2.28. The summed E-state index contributed by atoms with van der Waals surface area (Å²) in [5, 5.41) is 12.5. The normalized spacial score (nSPS) is 16.2. The van der Waals surface area contributed by atoms with Gasteiger partial charge in [-0.15, -0.1) is 0 Å². The number of fused-ring (bicyclic) bond motifs is 1. The van der Waals surface area contributed by atoms with Crippen LogP contribution in [0.1, 0.15) is 22.3 Å². The van der Waals surface area contributed by atoms with Crippen molar-refractivity contribution in [2.45, 2.75) is 13.0 Å². The van der Waals surface area contributed by atoms with Gasteiger partial charge in [-0.05, 0) is 48.4 Å². The Kier molecular flexibility index (Phi) is 7.64. The number of benzene rings is 2. The number of carbonyl (C=O) groups is 1. The lowest BCUT2D eigenvalue weighted by molar-refractivity contribution is 0.0697. The van der Waals surface area contributed by atoms with Gasteiger partial charge in [0.2, 0.25) is 6.79 Å². The third-order valence-corrected chi connectivity index (χ3v) is 5.67. The number of rotatable bonds is 8. The smallest absolute Gasteiger partial charge is 0.335 e. The number of aliphatic imine (C=N–C) groups is 1. The molecule has 0 unspecified atom stereocenters. The number of piperazine rings is 1. The fraction of sp³-hybridized carbons (Fsp3) is 0.417. The molecule has 4 rings (SSSR count). The van der Waals surface area contributed by atoms with Crippen molar-refractivity contribution in [1.29, 1.82) is 0 Å². The first kappa shape index (κ1) is 22.9. The van der Waals surface area contributed by atoms with Gasteiger partial charge in [0.15, 0.2) is 17.5 Å². The summed E-state index contributed by atoms with van der Waals surface area (Å²) >= 11 is 0. The second-order valence-corrected chi connectivity index (χ2v) is 8.01. The number of hydrogen-bond acceptors (Lipinski definition) is 6. The summed E-state index contributed by atoms with van der Waals surface area (Å²) in [5.74, 6) is 1.49. The summed E-state index contributed by atoms with van der Waals surface area (Å²) in [7, 11) is 1.69. The molecule has 2 aromatic rings. The molecule has 2 aliphatic heterocycles. The number of guanidine groups is 1. The zero-order valence-electron chi connectivity index (χ0n) is 18.8. The van der Waals surface area contributed by atoms with Gasteiger partial charge in [0.05, 0.1) is 5.56 Å². The van der Waals surface area contributed by atoms with Crippen LogP contribution in [-0.4, -0.2) is 80.1 Å². The molecule has 0 amide bonds. The van der Waals surface area contributed by atoms with Gasteiger partial charge in [0.1, 0.15) is 0 Å². The van der Waals surface area contributed by atoms with Crippen molar-refractivity contribution in [2.75, 3.05) is 58.6 Å². The first-order chi connectivity index (χ1) is 16.1. The highest BCUT2D eigenvalue weighted by atomic mass is 16.7. The van der Waals surface area contributed by atoms with Crippen LogP contribution in [0.4, 0.5) is 5.69 Å². The summed E-state index contributed by atoms with van der Waals surface area (Å²) in [6, 6.07) is 12.8. The van der Waals surface area contributed by atoms with Crippen LogP contribution in [0.3, 0.4) is 0 Å². The van der Waals surface area contributed by atoms with E-state index in [0.717, 1.165) is 62.3 Å². The molecule has 0 atom stereocenters. The van der Waals surface area contributed by atoms with Crippen LogP contribution in [0.25, 0.3) is 0 Å². The van der Waals surface area contributed by atoms with E-state index in [2.05, 4.69) is 27.2 Å². The maximum absolute atomic E-state index is 11.1. The molecule has 2 N–H and O–H groups in total. The number of nitrogens with one attached hydrogen (secondary N) is 1. The van der Waals surface area contributed by atoms with Crippen LogP contribution in [0.2, 0.25) is 0 Å². The van der Waals surface area contributed by atoms with Crippen LogP contribution < -0.4 is 14.8 Å². The van der Waals surface area contributed by atoms with Gasteiger partial charge in [0.25, 0.3) is 0 Å². The summed E-state index contributed by atoms with van der Waals surface area (Å²) < 4.78 is 16.0. The Morgan fingerprint density at radius 3 is 2.58 bits per heavy atom. The van der Waals surface area contributed by atoms with Crippen molar-refractivity contribution in [3.8, 4) is 11.5 Å². The van der Waals surface area contributed by atoms with E-state index in [1.165, 1.54) is 5.56 Å². The summed E-state index contributed by atoms with van der Waals surface area (Å²) in [6.45, 7) is 5.96. The first-order valence-electron chi connectivity index (χ1n) is 11.1. The fourth-order valence-electron chi connectivity index (χ4n) is 3.85. The van der Waals surface area contributed by atoms with Crippen molar-refractivity contribution in [1.82, 2.24) is 9.80 Å². The largest absolute Gasteiger partial charge is 0.478 e. The molecule has 1 saturated heterocycles. The van der Waals surface area contributed by atoms with Crippen molar-refractivity contribution >= 4 is 17.6 Å². The summed E-state index contributed by atoms with van der Waals surface area (Å²) in [4.78, 5) is 20.6. The van der Waals surface area contributed by atoms with Gasteiger partial charge in [-0.1, -0.05) is 6.07 Å². The number of carboxylic acids is 1. The van der Waals surface area contributed by atoms with Crippen molar-refractivity contribution in [2.24, 2.45) is 4.99 Å². The number of nitrogens with zero attached hydrogens (tertiary/aromatic N) is 3. The minimum Gasteiger partial charge on any atom is -0.478 e. The molecular formula is C24H30N4O5. The quantitative estimate of drug-likeness (QED) is 0.357. The van der Waals surface area contributed by atoms with E-state index in [4.69, 9.17) is 24.3 Å². The van der Waals surface area contributed by atoms with E-state index < -0.39 is 5.97 Å². The molecule has 9 nitrogen and oxygen atoms in total. The van der Waals surface area contributed by atoms with E-state index in [-0.39, 0.29) is 12.4 Å². The van der Waals surface area contributed by atoms with Crippen LogP contribution in [0.5, 0.6) is 11.5 Å². The van der Waals surface area contributed by atoms with Gasteiger partial charge in [0, 0.05) is 58.7 Å². The third-order valence-electron chi connectivity index (χ3n) is 5.67. The molecular weight excluding hydrogens is 424 g/mol. The van der Waals surface area contributed by atoms with Gasteiger partial charge in [-0.25, -0.2) is 4.79 Å². The average molecular weight is 455 g/mol. The Labute approximate surface area is 193 Å². The van der Waals surface area contributed by atoms with Crippen LogP contribution in [-0.2, 0) is 11.3 Å². The van der Waals surface area contributed by atoms with Gasteiger partial charge in [-0.3, -0.25) is 9.89 Å². The van der Waals surface area contributed by atoms with Crippen LogP contribution in [0, 0.1) is 0 Å². The number of hydrogen-bond donors (Lipinski definition) is 2. The molecule has 0 bridgehead atoms. The standard InChI is InChI=1S/C24H30N4O5/c1-31-14-2-9-25-24(26-20-6-4-19(5-7-20)23(29)30)28-12-10-27(11-13-28)16-18-3-8-21-22(15-18)33-17-32-21/h3-8,15H,2,9-14,16-17H2,1H3,(H,25,26)(H,29,30). The Morgan fingerprint density at radius 2 is 1.85 bits per heavy atom. The fourth-order valence-corrected chi connectivity index (χ4v) is 3.85. The van der Waals surface area contributed by atoms with Gasteiger partial charge in [-0.2, -0.15) is 0 Å². The van der Waals surface area contributed by atoms with E-state index in [0.29, 0.717) is 13.2 Å². The minimum absolute atomic E-state index is 0.260. The molecule has 0 saturated carbocycles. The molecule has 33 heavy (non-hydrogen) atoms. The Morgan fingerprint density at radius 1 is 1.09 bits per heavy atom. The maximum Gasteiger partial charge on any atom is 0.335 e. The van der Waals surface area contributed by atoms with E-state index >= 15 is 0 Å². The number of ether oxygens (including phenoxy) is 3. The molecule has 0 radical (unpaired) electrons. The second kappa shape index (κ2) is 11.0. The molecule has 2 aromatic carbocycles. The SMILES string of the molecule is COCCCN=C(Nc1ccc(C(=O)O)cc1)N1CCN(Cc2ccc3c(c2)OCO3)CC1. The molecule has 0 spiro atoms. The van der Waals surface area contributed by atoms with Crippen molar-refractivity contribution < 1.29 is 24.1 Å². The van der Waals surface area contributed by atoms with Gasteiger partial charge < -0.3 is 29.5 Å². The van der Waals surface area contributed by atoms with Crippen molar-refractivity contribution in [3.63, 3.8) is 0 Å². The Hall–Kier alpha value is -3.30.